The normalized spacial score (nSPS) is 48.7. The maximum absolute atomic E-state index is 11.5. The second kappa shape index (κ2) is 2.07. The van der Waals surface area contributed by atoms with E-state index < -0.39 is 5.60 Å². The maximum atomic E-state index is 11.5. The van der Waals surface area contributed by atoms with E-state index >= 15 is 0 Å². The third-order valence-electron chi connectivity index (χ3n) is 3.47. The zero-order valence-corrected chi connectivity index (χ0v) is 7.09. The molecule has 2 heteroatoms. The van der Waals surface area contributed by atoms with Crippen LogP contribution in [0.5, 0.6) is 0 Å². The number of fused-ring (bicyclic) bond motifs is 1. The molecule has 62 valence electrons. The predicted molar refractivity (Wildman–Crippen MR) is 41.3 cm³/mol. The van der Waals surface area contributed by atoms with Crippen molar-refractivity contribution in [2.45, 2.75) is 31.8 Å². The molecule has 0 radical (unpaired) electrons. The molecular formula is C9H14O2. The first-order chi connectivity index (χ1) is 5.20. The molecule has 0 bridgehead atoms. The van der Waals surface area contributed by atoms with Gasteiger partial charge in [0.2, 0.25) is 0 Å². The highest BCUT2D eigenvalue weighted by molar-refractivity contribution is 5.96. The lowest BCUT2D eigenvalue weighted by Gasteiger charge is -2.46. The van der Waals surface area contributed by atoms with Crippen molar-refractivity contribution in [3.63, 3.8) is 0 Å². The number of ketones is 1. The minimum atomic E-state index is -0.416. The van der Waals surface area contributed by atoms with Crippen LogP contribution in [-0.4, -0.2) is 18.5 Å². The molecule has 0 aromatic heterocycles. The lowest BCUT2D eigenvalue weighted by molar-refractivity contribution is -0.175. The average Bonchev–Trinajstić information content (AvgIpc) is 2.48. The molecule has 2 nitrogen and oxygen atoms in total. The Hall–Kier alpha value is -0.370. The predicted octanol–water partition coefficient (Wildman–Crippen LogP) is 1.39. The van der Waals surface area contributed by atoms with E-state index in [1.807, 2.05) is 6.92 Å². The molecule has 11 heavy (non-hydrogen) atoms. The Bertz CT molecular complexity index is 200. The van der Waals surface area contributed by atoms with Crippen LogP contribution >= 0.6 is 0 Å². The van der Waals surface area contributed by atoms with E-state index in [1.54, 1.807) is 7.11 Å². The fourth-order valence-electron chi connectivity index (χ4n) is 2.64. The van der Waals surface area contributed by atoms with E-state index in [-0.39, 0.29) is 0 Å². The number of hydrogen-bond donors (Lipinski definition) is 0. The molecule has 0 saturated heterocycles. The summed E-state index contributed by atoms with van der Waals surface area (Å²) in [5, 5.41) is 0. The Kier molecular flexibility index (Phi) is 1.37. The van der Waals surface area contributed by atoms with Crippen molar-refractivity contribution in [1.29, 1.82) is 0 Å². The Labute approximate surface area is 66.9 Å². The van der Waals surface area contributed by atoms with Gasteiger partial charge in [0.05, 0.1) is 0 Å². The second-order valence-corrected chi connectivity index (χ2v) is 3.82. The number of rotatable bonds is 1. The molecule has 2 rings (SSSR count). The van der Waals surface area contributed by atoms with Gasteiger partial charge in [-0.15, -0.1) is 0 Å². The molecule has 0 aromatic rings. The average molecular weight is 154 g/mol. The zero-order valence-electron chi connectivity index (χ0n) is 7.09. The van der Waals surface area contributed by atoms with Gasteiger partial charge in [-0.3, -0.25) is 4.79 Å². The monoisotopic (exact) mass is 154 g/mol. The van der Waals surface area contributed by atoms with Crippen molar-refractivity contribution in [3.05, 3.63) is 0 Å². The number of methoxy groups -OCH3 is 1. The van der Waals surface area contributed by atoms with Crippen molar-refractivity contribution in [3.8, 4) is 0 Å². The van der Waals surface area contributed by atoms with Crippen LogP contribution in [0.2, 0.25) is 0 Å². The third-order valence-corrected chi connectivity index (χ3v) is 3.47. The molecule has 2 aliphatic carbocycles. The van der Waals surface area contributed by atoms with Gasteiger partial charge >= 0.3 is 0 Å². The first-order valence-corrected chi connectivity index (χ1v) is 4.29. The minimum Gasteiger partial charge on any atom is -0.370 e. The quantitative estimate of drug-likeness (QED) is 0.570. The standard InChI is InChI=1S/C9H14O2/c1-9(11-2)7-5-3-4-6(7)8(9)10/h6-7H,3-5H2,1-2H3/t6-,7+,9-/m1/s1. The zero-order chi connectivity index (χ0) is 8.06. The molecule has 2 saturated carbocycles. The van der Waals surface area contributed by atoms with Crippen LogP contribution in [-0.2, 0) is 9.53 Å². The Morgan fingerprint density at radius 2 is 2.27 bits per heavy atom. The molecule has 2 aliphatic rings. The van der Waals surface area contributed by atoms with Crippen molar-refractivity contribution in [1.82, 2.24) is 0 Å². The Balaban J connectivity index is 2.20. The smallest absolute Gasteiger partial charge is 0.168 e. The molecule has 0 unspecified atom stereocenters. The summed E-state index contributed by atoms with van der Waals surface area (Å²) in [4.78, 5) is 11.5. The summed E-state index contributed by atoms with van der Waals surface area (Å²) in [5.74, 6) is 1.21. The highest BCUT2D eigenvalue weighted by Gasteiger charge is 2.60. The van der Waals surface area contributed by atoms with Crippen LogP contribution in [0.1, 0.15) is 26.2 Å². The number of carbonyl (C=O) groups is 1. The summed E-state index contributed by atoms with van der Waals surface area (Å²) < 4.78 is 5.25. The van der Waals surface area contributed by atoms with Gasteiger partial charge in [0.1, 0.15) is 5.60 Å². The van der Waals surface area contributed by atoms with Crippen LogP contribution in [0.25, 0.3) is 0 Å². The van der Waals surface area contributed by atoms with Crippen LogP contribution < -0.4 is 0 Å². The maximum Gasteiger partial charge on any atom is 0.168 e. The molecule has 0 aromatic carbocycles. The van der Waals surface area contributed by atoms with Crippen LogP contribution in [0, 0.1) is 11.8 Å². The van der Waals surface area contributed by atoms with Crippen LogP contribution in [0.4, 0.5) is 0 Å². The summed E-state index contributed by atoms with van der Waals surface area (Å²) in [5.41, 5.74) is -0.416. The molecule has 0 amide bonds. The summed E-state index contributed by atoms with van der Waals surface area (Å²) in [6, 6.07) is 0. The molecule has 0 heterocycles. The molecule has 0 aliphatic heterocycles. The fourth-order valence-corrected chi connectivity index (χ4v) is 2.64. The SMILES string of the molecule is CO[C@@]1(C)C(=O)[C@@H]2CCC[C@@H]21. The van der Waals surface area contributed by atoms with Crippen molar-refractivity contribution in [2.75, 3.05) is 7.11 Å². The second-order valence-electron chi connectivity index (χ2n) is 3.82. The van der Waals surface area contributed by atoms with E-state index in [1.165, 1.54) is 12.8 Å². The summed E-state index contributed by atoms with van der Waals surface area (Å²) in [6.45, 7) is 1.93. The van der Waals surface area contributed by atoms with E-state index in [9.17, 15) is 4.79 Å². The summed E-state index contributed by atoms with van der Waals surface area (Å²) in [6.07, 6.45) is 3.49. The minimum absolute atomic E-state index is 0.336. The highest BCUT2D eigenvalue weighted by atomic mass is 16.5. The van der Waals surface area contributed by atoms with Crippen LogP contribution in [0.3, 0.4) is 0 Å². The van der Waals surface area contributed by atoms with Gasteiger partial charge < -0.3 is 4.74 Å². The molecule has 3 atom stereocenters. The van der Waals surface area contributed by atoms with E-state index in [0.29, 0.717) is 17.6 Å². The largest absolute Gasteiger partial charge is 0.370 e. The first kappa shape index (κ1) is 7.29. The van der Waals surface area contributed by atoms with E-state index in [0.717, 1.165) is 6.42 Å². The van der Waals surface area contributed by atoms with E-state index in [2.05, 4.69) is 0 Å². The topological polar surface area (TPSA) is 26.3 Å². The van der Waals surface area contributed by atoms with Gasteiger partial charge in [0.25, 0.3) is 0 Å². The molecular weight excluding hydrogens is 140 g/mol. The molecule has 0 N–H and O–H groups in total. The summed E-state index contributed by atoms with van der Waals surface area (Å²) >= 11 is 0. The fraction of sp³-hybridized carbons (Fsp3) is 0.889. The van der Waals surface area contributed by atoms with Gasteiger partial charge in [-0.25, -0.2) is 0 Å². The lowest BCUT2D eigenvalue weighted by Crippen LogP contribution is -2.60. The van der Waals surface area contributed by atoms with Crippen molar-refractivity contribution < 1.29 is 9.53 Å². The first-order valence-electron chi connectivity index (χ1n) is 4.29. The lowest BCUT2D eigenvalue weighted by atomic mass is 9.62. The Morgan fingerprint density at radius 3 is 2.91 bits per heavy atom. The number of carbonyl (C=O) groups excluding carboxylic acids is 1. The number of hydrogen-bond acceptors (Lipinski definition) is 2. The number of Topliss-reactive ketones (excluding diaryl/α,β-unsaturated/α-hetero) is 1. The van der Waals surface area contributed by atoms with Gasteiger partial charge in [0.15, 0.2) is 5.78 Å². The van der Waals surface area contributed by atoms with E-state index in [4.69, 9.17) is 4.74 Å². The highest BCUT2D eigenvalue weighted by Crippen LogP contribution is 2.52. The van der Waals surface area contributed by atoms with Crippen molar-refractivity contribution in [2.24, 2.45) is 11.8 Å². The molecule has 0 spiro atoms. The van der Waals surface area contributed by atoms with Crippen LogP contribution in [0.15, 0.2) is 0 Å². The molecule has 2 fully saturated rings. The third kappa shape index (κ3) is 0.684. The van der Waals surface area contributed by atoms with Gasteiger partial charge in [-0.05, 0) is 19.8 Å². The number of ether oxygens (including phenoxy) is 1. The van der Waals surface area contributed by atoms with Gasteiger partial charge in [0, 0.05) is 18.9 Å². The summed E-state index contributed by atoms with van der Waals surface area (Å²) in [7, 11) is 1.65. The Morgan fingerprint density at radius 1 is 1.55 bits per heavy atom. The van der Waals surface area contributed by atoms with Gasteiger partial charge in [-0.2, -0.15) is 0 Å². The van der Waals surface area contributed by atoms with Crippen molar-refractivity contribution >= 4 is 5.78 Å². The van der Waals surface area contributed by atoms with Gasteiger partial charge in [-0.1, -0.05) is 6.42 Å².